The van der Waals surface area contributed by atoms with Gasteiger partial charge in [0.05, 0.1) is 23.3 Å². The van der Waals surface area contributed by atoms with E-state index in [-0.39, 0.29) is 18.2 Å². The zero-order chi connectivity index (χ0) is 24.1. The van der Waals surface area contributed by atoms with Crippen LogP contribution in [-0.4, -0.2) is 36.2 Å². The van der Waals surface area contributed by atoms with Crippen molar-refractivity contribution in [1.82, 2.24) is 10.3 Å². The van der Waals surface area contributed by atoms with E-state index in [2.05, 4.69) is 10.3 Å². The molecule has 7 nitrogen and oxygen atoms in total. The smallest absolute Gasteiger partial charge is 0.249 e. The number of anilines is 2. The third-order valence-electron chi connectivity index (χ3n) is 5.85. The topological polar surface area (TPSA) is 108 Å². The largest absolute Gasteiger partial charge is 0.397 e. The van der Waals surface area contributed by atoms with E-state index in [4.69, 9.17) is 5.73 Å². The number of hydrogen-bond donors (Lipinski definition) is 3. The zero-order valence-corrected chi connectivity index (χ0v) is 18.8. The molecule has 0 spiro atoms. The van der Waals surface area contributed by atoms with Gasteiger partial charge in [0.1, 0.15) is 6.04 Å². The second-order valence-electron chi connectivity index (χ2n) is 8.12. The number of aldehydes is 1. The fraction of sp³-hybridized carbons (Fsp3) is 0.148. The number of nitrogens with zero attached hydrogens (tertiary/aromatic N) is 1. The van der Waals surface area contributed by atoms with Crippen molar-refractivity contribution in [3.63, 3.8) is 0 Å². The summed E-state index contributed by atoms with van der Waals surface area (Å²) in [4.78, 5) is 42.7. The first-order valence-electron chi connectivity index (χ1n) is 11.0. The van der Waals surface area contributed by atoms with Crippen LogP contribution in [0, 0.1) is 0 Å². The maximum Gasteiger partial charge on any atom is 0.249 e. The summed E-state index contributed by atoms with van der Waals surface area (Å²) in [6.45, 7) is 0. The molecule has 2 amide bonds. The molecule has 0 aliphatic heterocycles. The predicted molar refractivity (Wildman–Crippen MR) is 134 cm³/mol. The first-order valence-corrected chi connectivity index (χ1v) is 11.0. The summed E-state index contributed by atoms with van der Waals surface area (Å²) in [5, 5.41) is 3.61. The van der Waals surface area contributed by atoms with Gasteiger partial charge in [-0.05, 0) is 29.3 Å². The molecule has 0 aliphatic rings. The van der Waals surface area contributed by atoms with Crippen molar-refractivity contribution in [3.8, 4) is 0 Å². The molecule has 3 aromatic carbocycles. The molecule has 0 radical (unpaired) electrons. The molecule has 4 N–H and O–H groups in total. The monoisotopic (exact) mass is 454 g/mol. The molecule has 1 aromatic heterocycles. The zero-order valence-electron chi connectivity index (χ0n) is 18.8. The number of para-hydroxylation sites is 2. The van der Waals surface area contributed by atoms with Gasteiger partial charge >= 0.3 is 0 Å². The number of aromatic nitrogens is 1. The Morgan fingerprint density at radius 3 is 2.35 bits per heavy atom. The van der Waals surface area contributed by atoms with Crippen molar-refractivity contribution >= 4 is 40.4 Å². The summed E-state index contributed by atoms with van der Waals surface area (Å²) >= 11 is 0. The van der Waals surface area contributed by atoms with E-state index in [0.29, 0.717) is 40.6 Å². The van der Waals surface area contributed by atoms with E-state index in [1.54, 1.807) is 19.2 Å². The van der Waals surface area contributed by atoms with Gasteiger partial charge in [-0.25, -0.2) is 0 Å². The first kappa shape index (κ1) is 22.8. The second kappa shape index (κ2) is 10.0. The van der Waals surface area contributed by atoms with E-state index in [0.717, 1.165) is 11.3 Å². The number of fused-ring (bicyclic) bond motifs is 1. The summed E-state index contributed by atoms with van der Waals surface area (Å²) < 4.78 is 0. The Morgan fingerprint density at radius 2 is 1.68 bits per heavy atom. The lowest BCUT2D eigenvalue weighted by Gasteiger charge is -2.25. The number of nitrogens with one attached hydrogen (secondary N) is 2. The number of nitrogen functional groups attached to an aromatic ring is 1. The van der Waals surface area contributed by atoms with Gasteiger partial charge in [0, 0.05) is 24.5 Å². The molecule has 4 rings (SSSR count). The van der Waals surface area contributed by atoms with Gasteiger partial charge in [0.25, 0.3) is 0 Å². The Hall–Kier alpha value is -4.39. The van der Waals surface area contributed by atoms with Crippen LogP contribution >= 0.6 is 0 Å². The first-order chi connectivity index (χ1) is 16.5. The molecule has 0 saturated heterocycles. The Bertz CT molecular complexity index is 1320. The van der Waals surface area contributed by atoms with Crippen LogP contribution in [-0.2, 0) is 22.4 Å². The van der Waals surface area contributed by atoms with E-state index in [9.17, 15) is 14.4 Å². The SMILES string of the molecule is CN(C(=O)C(Cc1ccccc1)NC(=O)Cc1c(C=O)[nH]c2c(N)cccc12)c1ccccc1. The lowest BCUT2D eigenvalue weighted by atomic mass is 10.0. The van der Waals surface area contributed by atoms with E-state index in [1.807, 2.05) is 66.7 Å². The minimum atomic E-state index is -0.782. The summed E-state index contributed by atoms with van der Waals surface area (Å²) in [6, 6.07) is 23.3. The quantitative estimate of drug-likeness (QED) is 0.280. The molecule has 34 heavy (non-hydrogen) atoms. The van der Waals surface area contributed by atoms with Gasteiger partial charge in [0.2, 0.25) is 11.8 Å². The Kier molecular flexibility index (Phi) is 6.73. The minimum absolute atomic E-state index is 0.0643. The molecule has 1 atom stereocenters. The number of carbonyl (C=O) groups excluding carboxylic acids is 3. The average molecular weight is 455 g/mol. The lowest BCUT2D eigenvalue weighted by Crippen LogP contribution is -2.49. The molecule has 1 heterocycles. The summed E-state index contributed by atoms with van der Waals surface area (Å²) in [5.41, 5.74) is 9.65. The van der Waals surface area contributed by atoms with Crippen LogP contribution in [0.5, 0.6) is 0 Å². The summed E-state index contributed by atoms with van der Waals surface area (Å²) in [6.07, 6.45) is 0.951. The number of carbonyl (C=O) groups is 3. The minimum Gasteiger partial charge on any atom is -0.397 e. The maximum absolute atomic E-state index is 13.4. The van der Waals surface area contributed by atoms with Crippen molar-refractivity contribution in [2.75, 3.05) is 17.7 Å². The van der Waals surface area contributed by atoms with Gasteiger partial charge in [-0.2, -0.15) is 0 Å². The van der Waals surface area contributed by atoms with Crippen LogP contribution in [0.4, 0.5) is 11.4 Å². The molecular weight excluding hydrogens is 428 g/mol. The van der Waals surface area contributed by atoms with Crippen LogP contribution in [0.25, 0.3) is 10.9 Å². The Morgan fingerprint density at radius 1 is 1.00 bits per heavy atom. The Balaban J connectivity index is 1.59. The molecule has 7 heteroatoms. The van der Waals surface area contributed by atoms with E-state index in [1.165, 1.54) is 4.90 Å². The highest BCUT2D eigenvalue weighted by Gasteiger charge is 2.26. The van der Waals surface area contributed by atoms with Crippen LogP contribution in [0.3, 0.4) is 0 Å². The van der Waals surface area contributed by atoms with Crippen LogP contribution in [0.2, 0.25) is 0 Å². The molecule has 0 fully saturated rings. The molecule has 0 aliphatic carbocycles. The number of benzene rings is 3. The molecular formula is C27H26N4O3. The van der Waals surface area contributed by atoms with Gasteiger partial charge in [-0.3, -0.25) is 14.4 Å². The highest BCUT2D eigenvalue weighted by molar-refractivity contribution is 6.02. The Labute approximate surface area is 197 Å². The standard InChI is InChI=1S/C27H26N4O3/c1-31(19-11-6-3-7-12-19)27(34)23(15-18-9-4-2-5-10-18)29-25(33)16-21-20-13-8-14-22(28)26(20)30-24(21)17-32/h2-14,17,23,30H,15-16,28H2,1H3,(H,29,33). The van der Waals surface area contributed by atoms with E-state index >= 15 is 0 Å². The highest BCUT2D eigenvalue weighted by Crippen LogP contribution is 2.26. The second-order valence-corrected chi connectivity index (χ2v) is 8.12. The fourth-order valence-corrected chi connectivity index (χ4v) is 4.08. The van der Waals surface area contributed by atoms with Crippen molar-refractivity contribution in [2.24, 2.45) is 0 Å². The summed E-state index contributed by atoms with van der Waals surface area (Å²) in [7, 11) is 1.69. The molecule has 0 saturated carbocycles. The van der Waals surface area contributed by atoms with E-state index < -0.39 is 6.04 Å². The van der Waals surface area contributed by atoms with Crippen LogP contribution in [0.1, 0.15) is 21.6 Å². The van der Waals surface area contributed by atoms with Gasteiger partial charge in [-0.15, -0.1) is 0 Å². The van der Waals surface area contributed by atoms with Gasteiger partial charge < -0.3 is 20.9 Å². The van der Waals surface area contributed by atoms with Gasteiger partial charge in [0.15, 0.2) is 6.29 Å². The molecule has 1 unspecified atom stereocenters. The molecule has 172 valence electrons. The normalized spacial score (nSPS) is 11.7. The van der Waals surface area contributed by atoms with Crippen LogP contribution < -0.4 is 16.0 Å². The van der Waals surface area contributed by atoms with Crippen LogP contribution in [0.15, 0.2) is 78.9 Å². The highest BCUT2D eigenvalue weighted by atomic mass is 16.2. The third-order valence-corrected chi connectivity index (χ3v) is 5.85. The summed E-state index contributed by atoms with van der Waals surface area (Å²) in [5.74, 6) is -0.593. The lowest BCUT2D eigenvalue weighted by molar-refractivity contribution is -0.127. The number of amides is 2. The predicted octanol–water partition coefficient (Wildman–Crippen LogP) is 3.50. The van der Waals surface area contributed by atoms with Crippen molar-refractivity contribution in [2.45, 2.75) is 18.9 Å². The fourth-order valence-electron chi connectivity index (χ4n) is 4.08. The number of H-pyrrole nitrogens is 1. The van der Waals surface area contributed by atoms with Crippen molar-refractivity contribution in [3.05, 3.63) is 95.7 Å². The third kappa shape index (κ3) is 4.83. The molecule has 0 bridgehead atoms. The number of rotatable bonds is 8. The van der Waals surface area contributed by atoms with Gasteiger partial charge in [-0.1, -0.05) is 60.7 Å². The number of nitrogens with two attached hydrogens (primary N) is 1. The van der Waals surface area contributed by atoms with Crippen molar-refractivity contribution < 1.29 is 14.4 Å². The average Bonchev–Trinajstić information content (AvgIpc) is 3.22. The number of hydrogen-bond acceptors (Lipinski definition) is 4. The number of aromatic amines is 1. The molecule has 4 aromatic rings. The number of likely N-dealkylation sites (N-methyl/N-ethyl adjacent to an activating group) is 1. The maximum atomic E-state index is 13.4. The van der Waals surface area contributed by atoms with Crippen molar-refractivity contribution in [1.29, 1.82) is 0 Å².